The number of methoxy groups -OCH3 is 1. The van der Waals surface area contributed by atoms with Crippen molar-refractivity contribution in [1.82, 2.24) is 0 Å². The van der Waals surface area contributed by atoms with Crippen LogP contribution in [0.15, 0.2) is 40.9 Å². The van der Waals surface area contributed by atoms with Gasteiger partial charge >= 0.3 is 0 Å². The van der Waals surface area contributed by atoms with E-state index in [1.165, 1.54) is 0 Å². The van der Waals surface area contributed by atoms with Crippen LogP contribution in [0.2, 0.25) is 0 Å². The van der Waals surface area contributed by atoms with Crippen LogP contribution < -0.4 is 15.8 Å². The summed E-state index contributed by atoms with van der Waals surface area (Å²) in [6, 6.07) is 10.6. The third-order valence-electron chi connectivity index (χ3n) is 2.94. The van der Waals surface area contributed by atoms with Gasteiger partial charge in [-0.05, 0) is 64.8 Å². The number of nitrogens with two attached hydrogens (primary N) is 1. The zero-order valence-corrected chi connectivity index (χ0v) is 12.8. The highest BCUT2D eigenvalue weighted by Gasteiger charge is 2.09. The molecule has 104 valence electrons. The number of carbonyl (C=O) groups excluding carboxylic acids is 1. The summed E-state index contributed by atoms with van der Waals surface area (Å²) in [5.41, 5.74) is 8.54. The molecule has 1 amide bonds. The molecule has 0 aliphatic heterocycles. The van der Waals surface area contributed by atoms with Gasteiger partial charge in [-0.15, -0.1) is 0 Å². The number of aryl methyl sites for hydroxylation is 1. The third kappa shape index (κ3) is 3.11. The van der Waals surface area contributed by atoms with Crippen molar-refractivity contribution in [1.29, 1.82) is 0 Å². The van der Waals surface area contributed by atoms with E-state index in [0.29, 0.717) is 15.7 Å². The Balaban J connectivity index is 2.21. The number of rotatable bonds is 3. The first-order valence-electron chi connectivity index (χ1n) is 6.02. The van der Waals surface area contributed by atoms with Crippen molar-refractivity contribution in [2.75, 3.05) is 18.2 Å². The maximum atomic E-state index is 12.2. The quantitative estimate of drug-likeness (QED) is 0.843. The standard InChI is InChI=1S/C15H15BrN2O2/c1-9-7-11(20-2)4-6-14(9)18-15(19)10-3-5-13(17)12(16)8-10/h3-8H,17H2,1-2H3,(H,18,19). The molecule has 20 heavy (non-hydrogen) atoms. The highest BCUT2D eigenvalue weighted by molar-refractivity contribution is 9.10. The SMILES string of the molecule is COc1ccc(NC(=O)c2ccc(N)c(Br)c2)c(C)c1. The largest absolute Gasteiger partial charge is 0.497 e. The Bertz CT molecular complexity index is 656. The summed E-state index contributed by atoms with van der Waals surface area (Å²) in [5.74, 6) is 0.578. The summed E-state index contributed by atoms with van der Waals surface area (Å²) >= 11 is 3.31. The van der Waals surface area contributed by atoms with E-state index in [2.05, 4.69) is 21.2 Å². The summed E-state index contributed by atoms with van der Waals surface area (Å²) in [6.45, 7) is 1.91. The Morgan fingerprint density at radius 3 is 2.60 bits per heavy atom. The number of benzene rings is 2. The molecular weight excluding hydrogens is 320 g/mol. The van der Waals surface area contributed by atoms with Crippen molar-refractivity contribution in [2.24, 2.45) is 0 Å². The molecule has 3 N–H and O–H groups in total. The van der Waals surface area contributed by atoms with Crippen LogP contribution in [0, 0.1) is 6.92 Å². The first kappa shape index (κ1) is 14.4. The van der Waals surface area contributed by atoms with Gasteiger partial charge in [0.25, 0.3) is 5.91 Å². The number of amides is 1. The molecule has 2 aromatic carbocycles. The molecule has 2 aromatic rings. The molecule has 0 saturated heterocycles. The minimum Gasteiger partial charge on any atom is -0.497 e. The maximum absolute atomic E-state index is 12.2. The second-order valence-electron chi connectivity index (χ2n) is 4.37. The predicted octanol–water partition coefficient (Wildman–Crippen LogP) is 3.60. The van der Waals surface area contributed by atoms with Crippen LogP contribution in [0.5, 0.6) is 5.75 Å². The summed E-state index contributed by atoms with van der Waals surface area (Å²) in [5, 5.41) is 2.87. The molecule has 0 aliphatic rings. The lowest BCUT2D eigenvalue weighted by molar-refractivity contribution is 0.102. The van der Waals surface area contributed by atoms with Crippen LogP contribution in [-0.4, -0.2) is 13.0 Å². The van der Waals surface area contributed by atoms with Gasteiger partial charge in [-0.1, -0.05) is 0 Å². The van der Waals surface area contributed by atoms with Gasteiger partial charge in [0.1, 0.15) is 5.75 Å². The zero-order valence-electron chi connectivity index (χ0n) is 11.2. The Labute approximate surface area is 126 Å². The lowest BCUT2D eigenvalue weighted by Gasteiger charge is -2.10. The van der Waals surface area contributed by atoms with Gasteiger partial charge in [-0.25, -0.2) is 0 Å². The summed E-state index contributed by atoms with van der Waals surface area (Å²) < 4.78 is 5.84. The van der Waals surface area contributed by atoms with E-state index in [0.717, 1.165) is 17.0 Å². The van der Waals surface area contributed by atoms with Gasteiger partial charge in [0, 0.05) is 21.4 Å². The zero-order chi connectivity index (χ0) is 14.7. The van der Waals surface area contributed by atoms with Crippen LogP contribution in [-0.2, 0) is 0 Å². The minimum absolute atomic E-state index is 0.182. The number of anilines is 2. The smallest absolute Gasteiger partial charge is 0.255 e. The topological polar surface area (TPSA) is 64.3 Å². The van der Waals surface area contributed by atoms with Crippen molar-refractivity contribution in [3.63, 3.8) is 0 Å². The Kier molecular flexibility index (Phi) is 4.29. The van der Waals surface area contributed by atoms with Crippen molar-refractivity contribution in [3.8, 4) is 5.75 Å². The number of hydrogen-bond acceptors (Lipinski definition) is 3. The van der Waals surface area contributed by atoms with E-state index >= 15 is 0 Å². The fraction of sp³-hybridized carbons (Fsp3) is 0.133. The third-order valence-corrected chi connectivity index (χ3v) is 3.63. The lowest BCUT2D eigenvalue weighted by Crippen LogP contribution is -2.13. The normalized spacial score (nSPS) is 10.2. The second-order valence-corrected chi connectivity index (χ2v) is 5.23. The van der Waals surface area contributed by atoms with Crippen LogP contribution in [0.4, 0.5) is 11.4 Å². The maximum Gasteiger partial charge on any atom is 0.255 e. The van der Waals surface area contributed by atoms with Gasteiger partial charge < -0.3 is 15.8 Å². The van der Waals surface area contributed by atoms with Crippen LogP contribution in [0.25, 0.3) is 0 Å². The van der Waals surface area contributed by atoms with E-state index < -0.39 is 0 Å². The molecule has 0 bridgehead atoms. The molecular formula is C15H15BrN2O2. The van der Waals surface area contributed by atoms with Gasteiger partial charge in [-0.2, -0.15) is 0 Å². The van der Waals surface area contributed by atoms with E-state index in [1.807, 2.05) is 25.1 Å². The number of nitrogen functional groups attached to an aromatic ring is 1. The van der Waals surface area contributed by atoms with Crippen LogP contribution in [0.3, 0.4) is 0 Å². The Hall–Kier alpha value is -2.01. The molecule has 0 fully saturated rings. The lowest BCUT2D eigenvalue weighted by atomic mass is 10.1. The molecule has 2 rings (SSSR count). The van der Waals surface area contributed by atoms with E-state index in [1.54, 1.807) is 25.3 Å². The molecule has 0 heterocycles. The molecule has 4 nitrogen and oxygen atoms in total. The highest BCUT2D eigenvalue weighted by Crippen LogP contribution is 2.23. The first-order valence-corrected chi connectivity index (χ1v) is 6.81. The number of ether oxygens (including phenoxy) is 1. The predicted molar refractivity (Wildman–Crippen MR) is 84.2 cm³/mol. The molecule has 0 aromatic heterocycles. The number of nitrogens with one attached hydrogen (secondary N) is 1. The summed E-state index contributed by atoms with van der Waals surface area (Å²) in [7, 11) is 1.61. The molecule has 0 aliphatic carbocycles. The molecule has 0 saturated carbocycles. The van der Waals surface area contributed by atoms with Crippen LogP contribution >= 0.6 is 15.9 Å². The molecule has 0 spiro atoms. The van der Waals surface area contributed by atoms with Gasteiger partial charge in [0.05, 0.1) is 7.11 Å². The molecule has 0 radical (unpaired) electrons. The minimum atomic E-state index is -0.182. The number of carbonyl (C=O) groups is 1. The van der Waals surface area contributed by atoms with Gasteiger partial charge in [0.2, 0.25) is 0 Å². The number of halogens is 1. The highest BCUT2D eigenvalue weighted by atomic mass is 79.9. The summed E-state index contributed by atoms with van der Waals surface area (Å²) in [4.78, 5) is 12.2. The van der Waals surface area contributed by atoms with Crippen molar-refractivity contribution in [3.05, 3.63) is 52.0 Å². The van der Waals surface area contributed by atoms with Gasteiger partial charge in [-0.3, -0.25) is 4.79 Å². The average molecular weight is 335 g/mol. The van der Waals surface area contributed by atoms with Crippen molar-refractivity contribution >= 4 is 33.2 Å². The Morgan fingerprint density at radius 2 is 2.00 bits per heavy atom. The molecule has 0 atom stereocenters. The van der Waals surface area contributed by atoms with Crippen molar-refractivity contribution in [2.45, 2.75) is 6.92 Å². The van der Waals surface area contributed by atoms with Gasteiger partial charge in [0.15, 0.2) is 0 Å². The fourth-order valence-corrected chi connectivity index (χ4v) is 2.15. The molecule has 0 unspecified atom stereocenters. The van der Waals surface area contributed by atoms with E-state index in [9.17, 15) is 4.79 Å². The molecule has 5 heteroatoms. The summed E-state index contributed by atoms with van der Waals surface area (Å²) in [6.07, 6.45) is 0. The van der Waals surface area contributed by atoms with E-state index in [4.69, 9.17) is 10.5 Å². The first-order chi connectivity index (χ1) is 9.51. The second kappa shape index (κ2) is 5.96. The van der Waals surface area contributed by atoms with Crippen molar-refractivity contribution < 1.29 is 9.53 Å². The fourth-order valence-electron chi connectivity index (χ4n) is 1.77. The average Bonchev–Trinajstić information content (AvgIpc) is 2.43. The van der Waals surface area contributed by atoms with E-state index in [-0.39, 0.29) is 5.91 Å². The van der Waals surface area contributed by atoms with Crippen LogP contribution in [0.1, 0.15) is 15.9 Å². The number of hydrogen-bond donors (Lipinski definition) is 2. The Morgan fingerprint density at radius 1 is 1.25 bits per heavy atom. The monoisotopic (exact) mass is 334 g/mol.